The number of hydrogen-bond donors (Lipinski definition) is 0. The van der Waals surface area contributed by atoms with Crippen molar-refractivity contribution in [3.8, 4) is 6.07 Å². The Labute approximate surface area is 110 Å². The first-order valence-corrected chi connectivity index (χ1v) is 6.82. The van der Waals surface area contributed by atoms with Gasteiger partial charge in [0.2, 0.25) is 0 Å². The van der Waals surface area contributed by atoms with Crippen molar-refractivity contribution >= 4 is 0 Å². The normalized spacial score (nSPS) is 23.6. The monoisotopic (exact) mass is 243 g/mol. The predicted molar refractivity (Wildman–Crippen MR) is 72.3 cm³/mol. The molecule has 1 aliphatic rings. The molecule has 0 aliphatic heterocycles. The van der Waals surface area contributed by atoms with Gasteiger partial charge in [0.15, 0.2) is 0 Å². The molecule has 0 heterocycles. The van der Waals surface area contributed by atoms with Crippen LogP contribution in [0.5, 0.6) is 0 Å². The minimum atomic E-state index is 0.691. The van der Waals surface area contributed by atoms with Crippen molar-refractivity contribution in [2.75, 3.05) is 13.7 Å². The van der Waals surface area contributed by atoms with Crippen LogP contribution in [0.3, 0.4) is 0 Å². The van der Waals surface area contributed by atoms with Gasteiger partial charge >= 0.3 is 0 Å². The van der Waals surface area contributed by atoms with Crippen LogP contribution in [0.1, 0.15) is 49.1 Å². The molecule has 1 aliphatic carbocycles. The average molecular weight is 243 g/mol. The highest BCUT2D eigenvalue weighted by atomic mass is 16.5. The van der Waals surface area contributed by atoms with Crippen molar-refractivity contribution in [1.29, 1.82) is 5.26 Å². The summed E-state index contributed by atoms with van der Waals surface area (Å²) < 4.78 is 5.15. The molecule has 1 fully saturated rings. The van der Waals surface area contributed by atoms with Gasteiger partial charge < -0.3 is 4.74 Å². The lowest BCUT2D eigenvalue weighted by Crippen LogP contribution is -2.14. The van der Waals surface area contributed by atoms with E-state index >= 15 is 0 Å². The molecule has 96 valence electrons. The molecule has 18 heavy (non-hydrogen) atoms. The van der Waals surface area contributed by atoms with Gasteiger partial charge in [-0.2, -0.15) is 5.26 Å². The van der Waals surface area contributed by atoms with Crippen molar-refractivity contribution in [2.24, 2.45) is 5.92 Å². The summed E-state index contributed by atoms with van der Waals surface area (Å²) in [5.41, 5.74) is 2.16. The Morgan fingerprint density at radius 1 is 1.17 bits per heavy atom. The van der Waals surface area contributed by atoms with E-state index in [1.165, 1.54) is 37.7 Å². The topological polar surface area (TPSA) is 33.0 Å². The molecule has 2 rings (SSSR count). The Hall–Kier alpha value is -1.33. The SMILES string of the molecule is COCCC1CCC(c2ccc(C#N)cc2)CC1. The Balaban J connectivity index is 1.87. The zero-order chi connectivity index (χ0) is 12.8. The van der Waals surface area contributed by atoms with E-state index in [1.54, 1.807) is 7.11 Å². The van der Waals surface area contributed by atoms with Crippen molar-refractivity contribution in [3.63, 3.8) is 0 Å². The fraction of sp³-hybridized carbons (Fsp3) is 0.562. The summed E-state index contributed by atoms with van der Waals surface area (Å²) in [6, 6.07) is 10.3. The summed E-state index contributed by atoms with van der Waals surface area (Å²) in [7, 11) is 1.78. The van der Waals surface area contributed by atoms with Crippen LogP contribution in [0.15, 0.2) is 24.3 Å². The van der Waals surface area contributed by atoms with E-state index in [1.807, 2.05) is 12.1 Å². The molecule has 0 aromatic heterocycles. The molecule has 1 aromatic rings. The van der Waals surface area contributed by atoms with Gasteiger partial charge in [-0.25, -0.2) is 0 Å². The molecule has 0 bridgehead atoms. The lowest BCUT2D eigenvalue weighted by molar-refractivity contribution is 0.163. The van der Waals surface area contributed by atoms with Gasteiger partial charge in [-0.05, 0) is 61.6 Å². The molecule has 1 saturated carbocycles. The maximum atomic E-state index is 8.79. The summed E-state index contributed by atoms with van der Waals surface area (Å²) in [5, 5.41) is 8.79. The van der Waals surface area contributed by atoms with E-state index in [0.29, 0.717) is 5.92 Å². The Bertz CT molecular complexity index is 396. The maximum absolute atomic E-state index is 8.79. The molecule has 1 aromatic carbocycles. The van der Waals surface area contributed by atoms with Crippen LogP contribution in [-0.4, -0.2) is 13.7 Å². The number of nitriles is 1. The van der Waals surface area contributed by atoms with Crippen LogP contribution in [0, 0.1) is 17.2 Å². The van der Waals surface area contributed by atoms with Crippen LogP contribution >= 0.6 is 0 Å². The molecular weight excluding hydrogens is 222 g/mol. The molecular formula is C16H21NO. The number of benzene rings is 1. The largest absolute Gasteiger partial charge is 0.385 e. The van der Waals surface area contributed by atoms with Gasteiger partial charge in [0.25, 0.3) is 0 Å². The third-order valence-corrected chi connectivity index (χ3v) is 4.09. The smallest absolute Gasteiger partial charge is 0.0991 e. The highest BCUT2D eigenvalue weighted by molar-refractivity contribution is 5.33. The zero-order valence-electron chi connectivity index (χ0n) is 11.1. The number of ether oxygens (including phenoxy) is 1. The summed E-state index contributed by atoms with van der Waals surface area (Å²) in [4.78, 5) is 0. The zero-order valence-corrected chi connectivity index (χ0v) is 11.1. The van der Waals surface area contributed by atoms with Crippen molar-refractivity contribution < 1.29 is 4.74 Å². The molecule has 2 heteroatoms. The molecule has 0 spiro atoms. The molecule has 0 amide bonds. The van der Waals surface area contributed by atoms with Gasteiger partial charge in [0.05, 0.1) is 11.6 Å². The standard InChI is InChI=1S/C16H21NO/c1-18-11-10-13-2-6-15(7-3-13)16-8-4-14(12-17)5-9-16/h4-5,8-9,13,15H,2-3,6-7,10-11H2,1H3. The first kappa shape index (κ1) is 13.1. The van der Waals surface area contributed by atoms with Gasteiger partial charge in [-0.3, -0.25) is 0 Å². The van der Waals surface area contributed by atoms with Crippen LogP contribution in [0.25, 0.3) is 0 Å². The fourth-order valence-electron chi connectivity index (χ4n) is 2.90. The van der Waals surface area contributed by atoms with E-state index in [-0.39, 0.29) is 0 Å². The van der Waals surface area contributed by atoms with E-state index in [2.05, 4.69) is 18.2 Å². The van der Waals surface area contributed by atoms with Gasteiger partial charge in [-0.1, -0.05) is 12.1 Å². The lowest BCUT2D eigenvalue weighted by Gasteiger charge is -2.28. The molecule has 2 nitrogen and oxygen atoms in total. The highest BCUT2D eigenvalue weighted by Gasteiger charge is 2.21. The number of methoxy groups -OCH3 is 1. The number of nitrogens with zero attached hydrogens (tertiary/aromatic N) is 1. The van der Waals surface area contributed by atoms with E-state index in [9.17, 15) is 0 Å². The fourth-order valence-corrected chi connectivity index (χ4v) is 2.90. The maximum Gasteiger partial charge on any atom is 0.0991 e. The molecule has 0 radical (unpaired) electrons. The summed E-state index contributed by atoms with van der Waals surface area (Å²) in [6.07, 6.45) is 6.39. The third-order valence-electron chi connectivity index (χ3n) is 4.09. The first-order chi connectivity index (χ1) is 8.83. The Kier molecular flexibility index (Phi) is 4.78. The second-order valence-electron chi connectivity index (χ2n) is 5.23. The van der Waals surface area contributed by atoms with Crippen LogP contribution in [0.2, 0.25) is 0 Å². The summed E-state index contributed by atoms with van der Waals surface area (Å²) >= 11 is 0. The number of hydrogen-bond acceptors (Lipinski definition) is 2. The van der Waals surface area contributed by atoms with Crippen molar-refractivity contribution in [3.05, 3.63) is 35.4 Å². The summed E-state index contributed by atoms with van der Waals surface area (Å²) in [5.74, 6) is 1.54. The minimum absolute atomic E-state index is 0.691. The van der Waals surface area contributed by atoms with E-state index < -0.39 is 0 Å². The Morgan fingerprint density at radius 3 is 2.39 bits per heavy atom. The average Bonchev–Trinajstić information content (AvgIpc) is 2.46. The van der Waals surface area contributed by atoms with Crippen molar-refractivity contribution in [1.82, 2.24) is 0 Å². The predicted octanol–water partition coefficient (Wildman–Crippen LogP) is 3.87. The second kappa shape index (κ2) is 6.56. The van der Waals surface area contributed by atoms with Gasteiger partial charge in [-0.15, -0.1) is 0 Å². The Morgan fingerprint density at radius 2 is 1.83 bits per heavy atom. The van der Waals surface area contributed by atoms with Crippen LogP contribution < -0.4 is 0 Å². The molecule has 0 unspecified atom stereocenters. The van der Waals surface area contributed by atoms with Crippen LogP contribution in [-0.2, 0) is 4.74 Å². The van der Waals surface area contributed by atoms with Crippen LogP contribution in [0.4, 0.5) is 0 Å². The second-order valence-corrected chi connectivity index (χ2v) is 5.23. The molecule has 0 atom stereocenters. The van der Waals surface area contributed by atoms with Gasteiger partial charge in [0, 0.05) is 13.7 Å². The molecule has 0 N–H and O–H groups in total. The lowest BCUT2D eigenvalue weighted by atomic mass is 9.77. The molecule has 0 saturated heterocycles. The third kappa shape index (κ3) is 3.34. The number of rotatable bonds is 4. The highest BCUT2D eigenvalue weighted by Crippen LogP contribution is 2.36. The minimum Gasteiger partial charge on any atom is -0.385 e. The van der Waals surface area contributed by atoms with Crippen molar-refractivity contribution in [2.45, 2.75) is 38.0 Å². The van der Waals surface area contributed by atoms with E-state index in [4.69, 9.17) is 10.00 Å². The summed E-state index contributed by atoms with van der Waals surface area (Å²) in [6.45, 7) is 0.895. The quantitative estimate of drug-likeness (QED) is 0.804. The van der Waals surface area contributed by atoms with E-state index in [0.717, 1.165) is 18.1 Å². The first-order valence-electron chi connectivity index (χ1n) is 6.82. The van der Waals surface area contributed by atoms with Gasteiger partial charge in [0.1, 0.15) is 0 Å².